The largest absolute Gasteiger partial charge is 0.383 e. The number of nitrogens with zero attached hydrogens (tertiary/aromatic N) is 3. The minimum atomic E-state index is -0.0540. The first-order valence-corrected chi connectivity index (χ1v) is 6.83. The molecule has 1 aliphatic heterocycles. The average molecular weight is 348 g/mol. The summed E-state index contributed by atoms with van der Waals surface area (Å²) in [6.45, 7) is 7.67. The second kappa shape index (κ2) is 5.45. The number of hydrogen-bond donors (Lipinski definition) is 1. The van der Waals surface area contributed by atoms with Crippen LogP contribution in [0, 0.1) is 10.5 Å². The number of aromatic nitrogens is 2. The molecule has 0 saturated carbocycles. The molecule has 6 heteroatoms. The lowest BCUT2D eigenvalue weighted by Gasteiger charge is -2.31. The Labute approximate surface area is 115 Å². The number of anilines is 1. The lowest BCUT2D eigenvalue weighted by molar-refractivity contribution is -0.0325. The summed E-state index contributed by atoms with van der Waals surface area (Å²) in [5.74, 6) is 1.25. The lowest BCUT2D eigenvalue weighted by Crippen LogP contribution is -2.38. The van der Waals surface area contributed by atoms with Crippen molar-refractivity contribution in [3.05, 3.63) is 15.1 Å². The molecule has 1 unspecified atom stereocenters. The van der Waals surface area contributed by atoms with Crippen molar-refractivity contribution in [2.45, 2.75) is 20.0 Å². The third kappa shape index (κ3) is 2.86. The molecule has 1 aliphatic rings. The van der Waals surface area contributed by atoms with E-state index in [0.29, 0.717) is 11.6 Å². The van der Waals surface area contributed by atoms with Crippen LogP contribution in [0.25, 0.3) is 0 Å². The van der Waals surface area contributed by atoms with Gasteiger partial charge in [0.25, 0.3) is 0 Å². The van der Waals surface area contributed by atoms with Crippen LogP contribution in [-0.4, -0.2) is 41.1 Å². The van der Waals surface area contributed by atoms with Gasteiger partial charge >= 0.3 is 0 Å². The Morgan fingerprint density at radius 3 is 2.94 bits per heavy atom. The zero-order valence-corrected chi connectivity index (χ0v) is 12.3. The molecule has 1 fully saturated rings. The Kier molecular flexibility index (Phi) is 4.16. The number of aryl methyl sites for hydroxylation is 1. The third-order valence-corrected chi connectivity index (χ3v) is 4.28. The molecule has 0 radical (unpaired) electrons. The second-order valence-corrected chi connectivity index (χ2v) is 5.20. The van der Waals surface area contributed by atoms with Gasteiger partial charge in [0.2, 0.25) is 0 Å². The lowest BCUT2D eigenvalue weighted by atomic mass is 10.2. The number of likely N-dealkylation sites (N-methyl/N-ethyl adjacent to an activating group) is 1. The minimum absolute atomic E-state index is 0.0540. The first-order chi connectivity index (χ1) is 8.11. The highest BCUT2D eigenvalue weighted by atomic mass is 127. The molecule has 1 atom stereocenters. The maximum absolute atomic E-state index is 5.87. The molecule has 5 nitrogen and oxygen atoms in total. The van der Waals surface area contributed by atoms with Gasteiger partial charge in [-0.1, -0.05) is 6.92 Å². The number of halogens is 1. The molecular weight excluding hydrogens is 331 g/mol. The van der Waals surface area contributed by atoms with E-state index >= 15 is 0 Å². The molecule has 17 heavy (non-hydrogen) atoms. The van der Waals surface area contributed by atoms with E-state index in [-0.39, 0.29) is 6.10 Å². The Balaban J connectivity index is 2.22. The van der Waals surface area contributed by atoms with Crippen molar-refractivity contribution < 1.29 is 4.74 Å². The standard InChI is InChI=1S/C11H17IN4O/c1-3-16-4-5-17-8(6-16)11-14-7(2)9(12)10(13)15-11/h8H,3-6H2,1-2H3,(H2,13,14,15). The van der Waals surface area contributed by atoms with Crippen molar-refractivity contribution in [3.8, 4) is 0 Å². The van der Waals surface area contributed by atoms with Crippen LogP contribution >= 0.6 is 22.6 Å². The van der Waals surface area contributed by atoms with E-state index in [1.54, 1.807) is 0 Å². The van der Waals surface area contributed by atoms with Gasteiger partial charge in [-0.3, -0.25) is 4.90 Å². The number of ether oxygens (including phenoxy) is 1. The van der Waals surface area contributed by atoms with E-state index in [1.807, 2.05) is 6.92 Å². The summed E-state index contributed by atoms with van der Waals surface area (Å²) in [6.07, 6.45) is -0.0540. The Bertz CT molecular complexity index is 389. The molecular formula is C11H17IN4O. The van der Waals surface area contributed by atoms with E-state index in [0.717, 1.165) is 35.5 Å². The summed E-state index contributed by atoms with van der Waals surface area (Å²) in [6, 6.07) is 0. The highest BCUT2D eigenvalue weighted by Gasteiger charge is 2.24. The van der Waals surface area contributed by atoms with Gasteiger partial charge in [-0.25, -0.2) is 9.97 Å². The van der Waals surface area contributed by atoms with E-state index in [4.69, 9.17) is 10.5 Å². The Hall–Kier alpha value is -0.470. The van der Waals surface area contributed by atoms with Crippen LogP contribution in [-0.2, 0) is 4.74 Å². The smallest absolute Gasteiger partial charge is 0.161 e. The van der Waals surface area contributed by atoms with Gasteiger partial charge in [0.15, 0.2) is 5.82 Å². The van der Waals surface area contributed by atoms with E-state index in [9.17, 15) is 0 Å². The fourth-order valence-electron chi connectivity index (χ4n) is 1.89. The predicted molar refractivity (Wildman–Crippen MR) is 74.7 cm³/mol. The summed E-state index contributed by atoms with van der Waals surface area (Å²) in [5, 5.41) is 0. The van der Waals surface area contributed by atoms with Crippen LogP contribution in [0.4, 0.5) is 5.82 Å². The van der Waals surface area contributed by atoms with E-state index < -0.39 is 0 Å². The van der Waals surface area contributed by atoms with Crippen molar-refractivity contribution in [2.24, 2.45) is 0 Å². The van der Waals surface area contributed by atoms with Crippen molar-refractivity contribution in [1.82, 2.24) is 14.9 Å². The molecule has 2 rings (SSSR count). The van der Waals surface area contributed by atoms with Crippen LogP contribution < -0.4 is 5.73 Å². The van der Waals surface area contributed by atoms with Crippen molar-refractivity contribution >= 4 is 28.4 Å². The van der Waals surface area contributed by atoms with Gasteiger partial charge in [-0.15, -0.1) is 0 Å². The van der Waals surface area contributed by atoms with Crippen LogP contribution in [0.15, 0.2) is 0 Å². The average Bonchev–Trinajstić information content (AvgIpc) is 2.35. The summed E-state index contributed by atoms with van der Waals surface area (Å²) in [7, 11) is 0. The Morgan fingerprint density at radius 2 is 2.29 bits per heavy atom. The summed E-state index contributed by atoms with van der Waals surface area (Å²) >= 11 is 2.17. The van der Waals surface area contributed by atoms with E-state index in [2.05, 4.69) is 44.4 Å². The maximum atomic E-state index is 5.87. The van der Waals surface area contributed by atoms with Crippen LogP contribution in [0.1, 0.15) is 24.5 Å². The van der Waals surface area contributed by atoms with Gasteiger partial charge in [0.05, 0.1) is 15.9 Å². The van der Waals surface area contributed by atoms with Gasteiger partial charge < -0.3 is 10.5 Å². The molecule has 1 saturated heterocycles. The molecule has 0 amide bonds. The first-order valence-electron chi connectivity index (χ1n) is 5.75. The fraction of sp³-hybridized carbons (Fsp3) is 0.636. The SMILES string of the molecule is CCN1CCOC(c2nc(C)c(I)c(N)n2)C1. The molecule has 1 aromatic heterocycles. The highest BCUT2D eigenvalue weighted by molar-refractivity contribution is 14.1. The van der Waals surface area contributed by atoms with Crippen molar-refractivity contribution in [3.63, 3.8) is 0 Å². The number of rotatable bonds is 2. The van der Waals surface area contributed by atoms with Crippen LogP contribution in [0.5, 0.6) is 0 Å². The number of hydrogen-bond acceptors (Lipinski definition) is 5. The molecule has 0 spiro atoms. The highest BCUT2D eigenvalue weighted by Crippen LogP contribution is 2.23. The molecule has 94 valence electrons. The van der Waals surface area contributed by atoms with Gasteiger partial charge in [-0.2, -0.15) is 0 Å². The van der Waals surface area contributed by atoms with Crippen molar-refractivity contribution in [2.75, 3.05) is 32.0 Å². The molecule has 1 aromatic rings. The zero-order valence-electron chi connectivity index (χ0n) is 10.1. The predicted octanol–water partition coefficient (Wildman–Crippen LogP) is 1.37. The van der Waals surface area contributed by atoms with Gasteiger partial charge in [0, 0.05) is 13.1 Å². The summed E-state index contributed by atoms with van der Waals surface area (Å²) < 4.78 is 6.65. The third-order valence-electron chi connectivity index (χ3n) is 2.95. The molecule has 0 aliphatic carbocycles. The fourth-order valence-corrected chi connectivity index (χ4v) is 2.13. The van der Waals surface area contributed by atoms with E-state index in [1.165, 1.54) is 0 Å². The number of morpholine rings is 1. The topological polar surface area (TPSA) is 64.3 Å². The minimum Gasteiger partial charge on any atom is -0.383 e. The molecule has 2 N–H and O–H groups in total. The quantitative estimate of drug-likeness (QED) is 0.818. The van der Waals surface area contributed by atoms with Crippen LogP contribution in [0.2, 0.25) is 0 Å². The molecule has 0 bridgehead atoms. The van der Waals surface area contributed by atoms with Gasteiger partial charge in [0.1, 0.15) is 11.9 Å². The first kappa shape index (κ1) is 13.0. The van der Waals surface area contributed by atoms with Gasteiger partial charge in [-0.05, 0) is 36.1 Å². The normalized spacial score (nSPS) is 21.7. The summed E-state index contributed by atoms with van der Waals surface area (Å²) in [5.41, 5.74) is 6.79. The monoisotopic (exact) mass is 348 g/mol. The van der Waals surface area contributed by atoms with Crippen molar-refractivity contribution in [1.29, 1.82) is 0 Å². The van der Waals surface area contributed by atoms with Crippen LogP contribution in [0.3, 0.4) is 0 Å². The number of nitrogens with two attached hydrogens (primary N) is 1. The number of nitrogen functional groups attached to an aromatic ring is 1. The molecule has 0 aromatic carbocycles. The second-order valence-electron chi connectivity index (χ2n) is 4.12. The summed E-state index contributed by atoms with van der Waals surface area (Å²) in [4.78, 5) is 11.1. The maximum Gasteiger partial charge on any atom is 0.161 e. The molecule has 2 heterocycles. The zero-order chi connectivity index (χ0) is 12.4. The Morgan fingerprint density at radius 1 is 1.53 bits per heavy atom.